The number of nitrogens with zero attached hydrogens (tertiary/aromatic N) is 1. The summed E-state index contributed by atoms with van der Waals surface area (Å²) in [6, 6.07) is 1.32. The molecule has 1 aliphatic heterocycles. The van der Waals surface area contributed by atoms with Gasteiger partial charge in [-0.05, 0) is 37.5 Å². The van der Waals surface area contributed by atoms with E-state index in [1.54, 1.807) is 6.92 Å². The van der Waals surface area contributed by atoms with Gasteiger partial charge in [0.2, 0.25) is 5.91 Å². The summed E-state index contributed by atoms with van der Waals surface area (Å²) in [5.41, 5.74) is 0.510. The third kappa shape index (κ3) is 3.71. The van der Waals surface area contributed by atoms with E-state index in [1.807, 2.05) is 4.90 Å². The van der Waals surface area contributed by atoms with Gasteiger partial charge >= 0.3 is 0 Å². The number of carbonyl (C=O) groups excluding carboxylic acids is 1. The number of amides is 1. The smallest absolute Gasteiger partial charge is 0.219 e. The molecular weight excluding hydrogens is 224 g/mol. The third-order valence-electron chi connectivity index (χ3n) is 4.62. The Bertz CT molecular complexity index is 293. The second kappa shape index (κ2) is 5.60. The van der Waals surface area contributed by atoms with E-state index in [2.05, 4.69) is 19.2 Å². The molecular formula is C15H28N2O. The molecule has 0 radical (unpaired) electrons. The second-order valence-corrected chi connectivity index (χ2v) is 6.90. The molecule has 0 bridgehead atoms. The zero-order valence-electron chi connectivity index (χ0n) is 12.2. The molecule has 0 aromatic heterocycles. The molecule has 3 nitrogen and oxygen atoms in total. The number of hydrogen-bond acceptors (Lipinski definition) is 2. The number of carbonyl (C=O) groups is 1. The van der Waals surface area contributed by atoms with E-state index in [0.29, 0.717) is 17.5 Å². The molecule has 2 fully saturated rings. The monoisotopic (exact) mass is 252 g/mol. The molecule has 2 aliphatic rings. The van der Waals surface area contributed by atoms with Gasteiger partial charge < -0.3 is 10.2 Å². The Labute approximate surface area is 111 Å². The summed E-state index contributed by atoms with van der Waals surface area (Å²) in [6.45, 7) is 8.32. The van der Waals surface area contributed by atoms with Crippen LogP contribution in [0.5, 0.6) is 0 Å². The standard InChI is InChI=1S/C15H28N2O/c1-12(18)17-9-6-13(7-10-17)16-14-5-4-8-15(2,3)11-14/h13-14,16H,4-11H2,1-3H3. The molecule has 104 valence electrons. The van der Waals surface area contributed by atoms with Gasteiger partial charge in [0.15, 0.2) is 0 Å². The van der Waals surface area contributed by atoms with E-state index < -0.39 is 0 Å². The minimum atomic E-state index is 0.229. The van der Waals surface area contributed by atoms with Gasteiger partial charge in [0.25, 0.3) is 0 Å². The van der Waals surface area contributed by atoms with Gasteiger partial charge in [-0.2, -0.15) is 0 Å². The Morgan fingerprint density at radius 1 is 1.17 bits per heavy atom. The molecule has 1 heterocycles. The lowest BCUT2D eigenvalue weighted by Gasteiger charge is -2.39. The Hall–Kier alpha value is -0.570. The van der Waals surface area contributed by atoms with Crippen molar-refractivity contribution in [2.24, 2.45) is 5.41 Å². The molecule has 1 atom stereocenters. The summed E-state index contributed by atoms with van der Waals surface area (Å²) in [6.07, 6.45) is 7.61. The summed E-state index contributed by atoms with van der Waals surface area (Å²) in [5, 5.41) is 3.83. The Kier molecular flexibility index (Phi) is 4.31. The van der Waals surface area contributed by atoms with E-state index >= 15 is 0 Å². The molecule has 0 aromatic carbocycles. The van der Waals surface area contributed by atoms with Gasteiger partial charge in [0, 0.05) is 32.1 Å². The lowest BCUT2D eigenvalue weighted by molar-refractivity contribution is -0.129. The minimum absolute atomic E-state index is 0.229. The zero-order valence-corrected chi connectivity index (χ0v) is 12.2. The second-order valence-electron chi connectivity index (χ2n) is 6.90. The molecule has 1 unspecified atom stereocenters. The summed E-state index contributed by atoms with van der Waals surface area (Å²) in [7, 11) is 0. The fourth-order valence-electron chi connectivity index (χ4n) is 3.53. The van der Waals surface area contributed by atoms with E-state index in [1.165, 1.54) is 25.7 Å². The van der Waals surface area contributed by atoms with Crippen molar-refractivity contribution in [2.75, 3.05) is 13.1 Å². The quantitative estimate of drug-likeness (QED) is 0.819. The van der Waals surface area contributed by atoms with Crippen molar-refractivity contribution in [3.8, 4) is 0 Å². The first-order valence-electron chi connectivity index (χ1n) is 7.48. The maximum absolute atomic E-state index is 11.3. The first-order chi connectivity index (χ1) is 8.46. The number of piperidine rings is 1. The van der Waals surface area contributed by atoms with Crippen molar-refractivity contribution >= 4 is 5.91 Å². The minimum Gasteiger partial charge on any atom is -0.343 e. The van der Waals surface area contributed by atoms with Crippen LogP contribution in [0.2, 0.25) is 0 Å². The van der Waals surface area contributed by atoms with Gasteiger partial charge in [-0.25, -0.2) is 0 Å². The fourth-order valence-corrected chi connectivity index (χ4v) is 3.53. The molecule has 1 N–H and O–H groups in total. The molecule has 1 aliphatic carbocycles. The number of rotatable bonds is 2. The molecule has 0 aromatic rings. The Morgan fingerprint density at radius 2 is 1.83 bits per heavy atom. The van der Waals surface area contributed by atoms with Crippen molar-refractivity contribution < 1.29 is 4.79 Å². The SMILES string of the molecule is CC(=O)N1CCC(NC2CCCC(C)(C)C2)CC1. The van der Waals surface area contributed by atoms with Gasteiger partial charge in [0.1, 0.15) is 0 Å². The first-order valence-corrected chi connectivity index (χ1v) is 7.48. The van der Waals surface area contributed by atoms with Crippen molar-refractivity contribution in [1.29, 1.82) is 0 Å². The molecule has 18 heavy (non-hydrogen) atoms. The highest BCUT2D eigenvalue weighted by atomic mass is 16.2. The summed E-state index contributed by atoms with van der Waals surface area (Å²) in [5.74, 6) is 0.229. The summed E-state index contributed by atoms with van der Waals surface area (Å²) >= 11 is 0. The van der Waals surface area contributed by atoms with Crippen LogP contribution in [0.3, 0.4) is 0 Å². The van der Waals surface area contributed by atoms with Gasteiger partial charge in [-0.15, -0.1) is 0 Å². The molecule has 3 heteroatoms. The van der Waals surface area contributed by atoms with Crippen molar-refractivity contribution in [1.82, 2.24) is 10.2 Å². The number of likely N-dealkylation sites (tertiary alicyclic amines) is 1. The van der Waals surface area contributed by atoms with Crippen molar-refractivity contribution in [2.45, 2.75) is 71.4 Å². The molecule has 1 saturated heterocycles. The lowest BCUT2D eigenvalue weighted by atomic mass is 9.75. The Morgan fingerprint density at radius 3 is 2.39 bits per heavy atom. The molecule has 1 saturated carbocycles. The highest BCUT2D eigenvalue weighted by molar-refractivity contribution is 5.73. The molecule has 2 rings (SSSR count). The summed E-state index contributed by atoms with van der Waals surface area (Å²) in [4.78, 5) is 13.3. The predicted octanol–water partition coefficient (Wildman–Crippen LogP) is 2.56. The summed E-state index contributed by atoms with van der Waals surface area (Å²) < 4.78 is 0. The average molecular weight is 252 g/mol. The number of nitrogens with one attached hydrogen (secondary N) is 1. The van der Waals surface area contributed by atoms with Crippen LogP contribution in [0.25, 0.3) is 0 Å². The zero-order chi connectivity index (χ0) is 13.2. The van der Waals surface area contributed by atoms with E-state index in [4.69, 9.17) is 0 Å². The molecule has 1 amide bonds. The topological polar surface area (TPSA) is 32.3 Å². The average Bonchev–Trinajstić information content (AvgIpc) is 2.28. The van der Waals surface area contributed by atoms with Crippen LogP contribution < -0.4 is 5.32 Å². The van der Waals surface area contributed by atoms with Crippen molar-refractivity contribution in [3.05, 3.63) is 0 Å². The number of hydrogen-bond donors (Lipinski definition) is 1. The van der Waals surface area contributed by atoms with E-state index in [9.17, 15) is 4.79 Å². The lowest BCUT2D eigenvalue weighted by Crippen LogP contribution is -2.49. The van der Waals surface area contributed by atoms with Crippen LogP contribution in [0.4, 0.5) is 0 Å². The maximum Gasteiger partial charge on any atom is 0.219 e. The van der Waals surface area contributed by atoms with Crippen molar-refractivity contribution in [3.63, 3.8) is 0 Å². The van der Waals surface area contributed by atoms with Gasteiger partial charge in [-0.1, -0.05) is 20.3 Å². The fraction of sp³-hybridized carbons (Fsp3) is 0.933. The van der Waals surface area contributed by atoms with Crippen LogP contribution >= 0.6 is 0 Å². The Balaban J connectivity index is 1.76. The largest absolute Gasteiger partial charge is 0.343 e. The first kappa shape index (κ1) is 13.9. The van der Waals surface area contributed by atoms with Crippen LogP contribution in [0, 0.1) is 5.41 Å². The predicted molar refractivity (Wildman–Crippen MR) is 74.4 cm³/mol. The van der Waals surface area contributed by atoms with Crippen LogP contribution in [0.15, 0.2) is 0 Å². The molecule has 0 spiro atoms. The highest BCUT2D eigenvalue weighted by Crippen LogP contribution is 2.35. The van der Waals surface area contributed by atoms with E-state index in [-0.39, 0.29) is 5.91 Å². The van der Waals surface area contributed by atoms with Crippen LogP contribution in [0.1, 0.15) is 59.3 Å². The van der Waals surface area contributed by atoms with Gasteiger partial charge in [0.05, 0.1) is 0 Å². The maximum atomic E-state index is 11.3. The normalized spacial score (nSPS) is 29.3. The van der Waals surface area contributed by atoms with Gasteiger partial charge in [-0.3, -0.25) is 4.79 Å². The van der Waals surface area contributed by atoms with Crippen LogP contribution in [-0.2, 0) is 4.79 Å². The van der Waals surface area contributed by atoms with Crippen LogP contribution in [-0.4, -0.2) is 36.0 Å². The highest BCUT2D eigenvalue weighted by Gasteiger charge is 2.30. The van der Waals surface area contributed by atoms with E-state index in [0.717, 1.165) is 25.9 Å². The third-order valence-corrected chi connectivity index (χ3v) is 4.62.